The molecule has 1 atom stereocenters. The number of rotatable bonds is 3. The van der Waals surface area contributed by atoms with Crippen molar-refractivity contribution in [3.8, 4) is 6.07 Å². The van der Waals surface area contributed by atoms with Gasteiger partial charge in [-0.3, -0.25) is 9.69 Å². The van der Waals surface area contributed by atoms with E-state index in [1.54, 1.807) is 28.4 Å². The van der Waals surface area contributed by atoms with Crippen LogP contribution in [0.5, 0.6) is 0 Å². The quantitative estimate of drug-likeness (QED) is 0.856. The molecule has 118 valence electrons. The van der Waals surface area contributed by atoms with E-state index in [0.717, 1.165) is 4.88 Å². The Morgan fingerprint density at radius 3 is 2.52 bits per heavy atom. The van der Waals surface area contributed by atoms with Gasteiger partial charge in [-0.2, -0.15) is 5.26 Å². The van der Waals surface area contributed by atoms with Gasteiger partial charge in [0.2, 0.25) is 0 Å². The standard InChI is InChI=1S/C17H16ClN3OS/c18-14-5-2-1-4-13(14)17(22)21-9-7-20(8-10-21)15(12-19)16-6-3-11-23-16/h1-6,11,15H,7-10H2. The van der Waals surface area contributed by atoms with Crippen LogP contribution in [0.4, 0.5) is 0 Å². The van der Waals surface area contributed by atoms with Gasteiger partial charge in [0.1, 0.15) is 6.04 Å². The van der Waals surface area contributed by atoms with Crippen LogP contribution in [-0.4, -0.2) is 41.9 Å². The van der Waals surface area contributed by atoms with Gasteiger partial charge in [0, 0.05) is 31.1 Å². The van der Waals surface area contributed by atoms with Crippen molar-refractivity contribution in [2.75, 3.05) is 26.2 Å². The fraction of sp³-hybridized carbons (Fsp3) is 0.294. The van der Waals surface area contributed by atoms with E-state index in [9.17, 15) is 10.1 Å². The maximum absolute atomic E-state index is 12.6. The zero-order valence-corrected chi connectivity index (χ0v) is 14.1. The van der Waals surface area contributed by atoms with Crippen LogP contribution < -0.4 is 0 Å². The molecule has 2 aromatic rings. The summed E-state index contributed by atoms with van der Waals surface area (Å²) in [6.07, 6.45) is 0. The number of carbonyl (C=O) groups excluding carboxylic acids is 1. The summed E-state index contributed by atoms with van der Waals surface area (Å²) in [6.45, 7) is 2.58. The number of piperazine rings is 1. The average molecular weight is 346 g/mol. The summed E-state index contributed by atoms with van der Waals surface area (Å²) in [4.78, 5) is 17.5. The lowest BCUT2D eigenvalue weighted by molar-refractivity contribution is 0.0608. The van der Waals surface area contributed by atoms with E-state index in [1.165, 1.54) is 0 Å². The highest BCUT2D eigenvalue weighted by Gasteiger charge is 2.28. The molecule has 1 aromatic carbocycles. The van der Waals surface area contributed by atoms with Crippen molar-refractivity contribution in [2.24, 2.45) is 0 Å². The normalized spacial score (nSPS) is 16.8. The number of nitrogens with zero attached hydrogens (tertiary/aromatic N) is 3. The molecule has 2 heterocycles. The highest BCUT2D eigenvalue weighted by atomic mass is 35.5. The van der Waals surface area contributed by atoms with Gasteiger partial charge < -0.3 is 4.90 Å². The van der Waals surface area contributed by atoms with Crippen molar-refractivity contribution in [2.45, 2.75) is 6.04 Å². The van der Waals surface area contributed by atoms with Crippen LogP contribution in [0.15, 0.2) is 41.8 Å². The number of carbonyl (C=O) groups is 1. The van der Waals surface area contributed by atoms with Crippen LogP contribution in [0, 0.1) is 11.3 Å². The summed E-state index contributed by atoms with van der Waals surface area (Å²) < 4.78 is 0. The fourth-order valence-corrected chi connectivity index (χ4v) is 3.78. The Labute approximate surface area is 144 Å². The second-order valence-corrected chi connectivity index (χ2v) is 6.74. The van der Waals surface area contributed by atoms with E-state index in [4.69, 9.17) is 11.6 Å². The Kier molecular flexibility index (Phi) is 4.97. The van der Waals surface area contributed by atoms with Crippen LogP contribution in [0.3, 0.4) is 0 Å². The van der Waals surface area contributed by atoms with Crippen LogP contribution in [0.1, 0.15) is 21.3 Å². The average Bonchev–Trinajstić information content (AvgIpc) is 3.10. The van der Waals surface area contributed by atoms with E-state index >= 15 is 0 Å². The van der Waals surface area contributed by atoms with Gasteiger partial charge in [-0.1, -0.05) is 29.8 Å². The first kappa shape index (κ1) is 16.0. The van der Waals surface area contributed by atoms with E-state index < -0.39 is 0 Å². The zero-order chi connectivity index (χ0) is 16.2. The summed E-state index contributed by atoms with van der Waals surface area (Å²) in [5.74, 6) is -0.0418. The second kappa shape index (κ2) is 7.14. The first-order valence-corrected chi connectivity index (χ1v) is 8.67. The van der Waals surface area contributed by atoms with E-state index in [1.807, 2.05) is 29.6 Å². The number of benzene rings is 1. The number of thiophene rings is 1. The Hall–Kier alpha value is -1.87. The summed E-state index contributed by atoms with van der Waals surface area (Å²) >= 11 is 7.70. The molecule has 0 spiro atoms. The maximum atomic E-state index is 12.6. The summed E-state index contributed by atoms with van der Waals surface area (Å²) in [6, 6.07) is 13.2. The maximum Gasteiger partial charge on any atom is 0.255 e. The second-order valence-electron chi connectivity index (χ2n) is 5.36. The van der Waals surface area contributed by atoms with Crippen molar-refractivity contribution >= 4 is 28.8 Å². The highest BCUT2D eigenvalue weighted by Crippen LogP contribution is 2.26. The van der Waals surface area contributed by atoms with Crippen molar-refractivity contribution in [3.05, 3.63) is 57.2 Å². The smallest absolute Gasteiger partial charge is 0.255 e. The number of halogens is 1. The topological polar surface area (TPSA) is 47.3 Å². The minimum Gasteiger partial charge on any atom is -0.336 e. The molecule has 3 rings (SSSR count). The van der Waals surface area contributed by atoms with Crippen molar-refractivity contribution < 1.29 is 4.79 Å². The van der Waals surface area contributed by atoms with E-state index in [-0.39, 0.29) is 11.9 Å². The van der Waals surface area contributed by atoms with Crippen molar-refractivity contribution in [3.63, 3.8) is 0 Å². The van der Waals surface area contributed by atoms with Gasteiger partial charge in [-0.25, -0.2) is 0 Å². The first-order valence-electron chi connectivity index (χ1n) is 7.41. The molecule has 0 aliphatic carbocycles. The lowest BCUT2D eigenvalue weighted by atomic mass is 10.1. The molecule has 23 heavy (non-hydrogen) atoms. The summed E-state index contributed by atoms with van der Waals surface area (Å²) in [7, 11) is 0. The van der Waals surface area contributed by atoms with Gasteiger partial charge in [0.25, 0.3) is 5.91 Å². The third kappa shape index (κ3) is 3.40. The predicted molar refractivity (Wildman–Crippen MR) is 91.6 cm³/mol. The van der Waals surface area contributed by atoms with Crippen LogP contribution in [0.2, 0.25) is 5.02 Å². The minimum atomic E-state index is -0.229. The van der Waals surface area contributed by atoms with Gasteiger partial charge in [0.05, 0.1) is 16.7 Å². The largest absolute Gasteiger partial charge is 0.336 e. The Morgan fingerprint density at radius 2 is 1.91 bits per heavy atom. The predicted octanol–water partition coefficient (Wildman–Crippen LogP) is 3.42. The third-order valence-electron chi connectivity index (χ3n) is 4.01. The molecule has 1 aliphatic rings. The van der Waals surface area contributed by atoms with E-state index in [2.05, 4.69) is 11.0 Å². The zero-order valence-electron chi connectivity index (χ0n) is 12.5. The lowest BCUT2D eigenvalue weighted by Crippen LogP contribution is -2.49. The van der Waals surface area contributed by atoms with Gasteiger partial charge >= 0.3 is 0 Å². The Bertz CT molecular complexity index is 718. The van der Waals surface area contributed by atoms with Crippen molar-refractivity contribution in [1.82, 2.24) is 9.80 Å². The Balaban J connectivity index is 1.66. The molecule has 1 aliphatic heterocycles. The van der Waals surface area contributed by atoms with Gasteiger partial charge in [-0.05, 0) is 23.6 Å². The van der Waals surface area contributed by atoms with Crippen molar-refractivity contribution in [1.29, 1.82) is 5.26 Å². The fourth-order valence-electron chi connectivity index (χ4n) is 2.76. The van der Waals surface area contributed by atoms with Gasteiger partial charge in [-0.15, -0.1) is 11.3 Å². The molecular weight excluding hydrogens is 330 g/mol. The molecule has 0 radical (unpaired) electrons. The van der Waals surface area contributed by atoms with E-state index in [0.29, 0.717) is 36.8 Å². The van der Waals surface area contributed by atoms with Crippen LogP contribution >= 0.6 is 22.9 Å². The molecule has 6 heteroatoms. The molecule has 1 unspecified atom stereocenters. The highest BCUT2D eigenvalue weighted by molar-refractivity contribution is 7.10. The molecule has 0 bridgehead atoms. The summed E-state index contributed by atoms with van der Waals surface area (Å²) in [5, 5.41) is 11.9. The van der Waals surface area contributed by atoms with Crippen LogP contribution in [0.25, 0.3) is 0 Å². The third-order valence-corrected chi connectivity index (χ3v) is 5.26. The number of nitriles is 1. The monoisotopic (exact) mass is 345 g/mol. The molecular formula is C17H16ClN3OS. The lowest BCUT2D eigenvalue weighted by Gasteiger charge is -2.36. The Morgan fingerprint density at radius 1 is 1.17 bits per heavy atom. The summed E-state index contributed by atoms with van der Waals surface area (Å²) in [5.41, 5.74) is 0.540. The molecule has 1 saturated heterocycles. The number of amides is 1. The number of hydrogen-bond donors (Lipinski definition) is 0. The van der Waals surface area contributed by atoms with Crippen LogP contribution in [-0.2, 0) is 0 Å². The van der Waals surface area contributed by atoms with Gasteiger partial charge in [0.15, 0.2) is 0 Å². The first-order chi connectivity index (χ1) is 11.2. The molecule has 0 N–H and O–H groups in total. The molecule has 4 nitrogen and oxygen atoms in total. The molecule has 1 aromatic heterocycles. The SMILES string of the molecule is N#CC(c1cccs1)N1CCN(C(=O)c2ccccc2Cl)CC1. The number of hydrogen-bond acceptors (Lipinski definition) is 4. The molecule has 1 amide bonds. The minimum absolute atomic E-state index is 0.0418. The molecule has 0 saturated carbocycles. The molecule has 1 fully saturated rings.